The number of thiophene rings is 1. The number of hydrogen-bond donors (Lipinski definition) is 1. The quantitative estimate of drug-likeness (QED) is 0.912. The third-order valence-electron chi connectivity index (χ3n) is 1.90. The first-order chi connectivity index (χ1) is 7.66. The number of rotatable bonds is 4. The van der Waals surface area contributed by atoms with Gasteiger partial charge in [0.25, 0.3) is 0 Å². The van der Waals surface area contributed by atoms with Gasteiger partial charge >= 0.3 is 6.18 Å². The average Bonchev–Trinajstić information content (AvgIpc) is 2.63. The van der Waals surface area contributed by atoms with E-state index < -0.39 is 22.7 Å². The van der Waals surface area contributed by atoms with E-state index in [1.807, 2.05) is 0 Å². The van der Waals surface area contributed by atoms with E-state index in [1.54, 1.807) is 0 Å². The Morgan fingerprint density at radius 1 is 1.47 bits per heavy atom. The number of hydrogen-bond acceptors (Lipinski definition) is 4. The summed E-state index contributed by atoms with van der Waals surface area (Å²) >= 11 is 0.975. The van der Waals surface area contributed by atoms with Crippen molar-refractivity contribution in [2.45, 2.75) is 17.7 Å². The molecule has 1 rings (SSSR count). The van der Waals surface area contributed by atoms with E-state index in [2.05, 4.69) is 0 Å². The summed E-state index contributed by atoms with van der Waals surface area (Å²) in [6, 6.07) is 1.16. The summed E-state index contributed by atoms with van der Waals surface area (Å²) in [5, 5.41) is 9.97. The Morgan fingerprint density at radius 3 is 2.47 bits per heavy atom. The van der Waals surface area contributed by atoms with Crippen LogP contribution in [0.1, 0.15) is 4.88 Å². The van der Waals surface area contributed by atoms with Crippen LogP contribution in [-0.2, 0) is 16.6 Å². The molecule has 0 aliphatic rings. The predicted octanol–water partition coefficient (Wildman–Crippen LogP) is 1.42. The SMILES string of the molecule is CN(CC(F)(F)F)S(=O)(=O)c1csc(CO)c1. The Morgan fingerprint density at radius 2 is 2.06 bits per heavy atom. The molecule has 0 radical (unpaired) electrons. The molecule has 0 aliphatic carbocycles. The van der Waals surface area contributed by atoms with E-state index in [9.17, 15) is 21.6 Å². The Hall–Kier alpha value is -0.640. The fourth-order valence-electron chi connectivity index (χ4n) is 1.10. The van der Waals surface area contributed by atoms with Gasteiger partial charge in [-0.3, -0.25) is 0 Å². The molecular formula is C8H10F3NO3S2. The van der Waals surface area contributed by atoms with Gasteiger partial charge in [0.1, 0.15) is 6.54 Å². The zero-order valence-electron chi connectivity index (χ0n) is 8.73. The van der Waals surface area contributed by atoms with Crippen molar-refractivity contribution >= 4 is 21.4 Å². The molecular weight excluding hydrogens is 279 g/mol. The molecule has 1 aromatic rings. The zero-order valence-corrected chi connectivity index (χ0v) is 10.4. The molecule has 4 nitrogen and oxygen atoms in total. The first-order valence-electron chi connectivity index (χ1n) is 4.38. The Labute approximate surface area is 100 Å². The third-order valence-corrected chi connectivity index (χ3v) is 4.75. The summed E-state index contributed by atoms with van der Waals surface area (Å²) in [6.07, 6.45) is -4.59. The smallest absolute Gasteiger partial charge is 0.391 e. The van der Waals surface area contributed by atoms with Gasteiger partial charge < -0.3 is 5.11 Å². The van der Waals surface area contributed by atoms with Crippen molar-refractivity contribution in [2.24, 2.45) is 0 Å². The molecule has 0 bridgehead atoms. The summed E-state index contributed by atoms with van der Waals surface area (Å²) < 4.78 is 59.9. The van der Waals surface area contributed by atoms with E-state index in [1.165, 1.54) is 5.38 Å². The number of halogens is 3. The second kappa shape index (κ2) is 4.92. The lowest BCUT2D eigenvalue weighted by atomic mass is 10.5. The second-order valence-corrected chi connectivity index (χ2v) is 6.32. The lowest BCUT2D eigenvalue weighted by Gasteiger charge is -2.17. The molecule has 0 saturated heterocycles. The van der Waals surface area contributed by atoms with Crippen molar-refractivity contribution in [1.29, 1.82) is 0 Å². The minimum Gasteiger partial charge on any atom is -0.391 e. The zero-order chi connectivity index (χ0) is 13.3. The number of sulfonamides is 1. The highest BCUT2D eigenvalue weighted by Crippen LogP contribution is 2.24. The van der Waals surface area contributed by atoms with Crippen molar-refractivity contribution in [1.82, 2.24) is 4.31 Å². The van der Waals surface area contributed by atoms with Gasteiger partial charge in [0.2, 0.25) is 10.0 Å². The van der Waals surface area contributed by atoms with Gasteiger partial charge in [-0.15, -0.1) is 11.3 Å². The largest absolute Gasteiger partial charge is 0.402 e. The van der Waals surface area contributed by atoms with E-state index in [-0.39, 0.29) is 15.8 Å². The highest BCUT2D eigenvalue weighted by atomic mass is 32.2. The second-order valence-electron chi connectivity index (χ2n) is 3.28. The van der Waals surface area contributed by atoms with Gasteiger partial charge in [-0.1, -0.05) is 0 Å². The summed E-state index contributed by atoms with van der Waals surface area (Å²) in [5.74, 6) is 0. The monoisotopic (exact) mass is 289 g/mol. The molecule has 1 N–H and O–H groups in total. The van der Waals surface area contributed by atoms with Gasteiger partial charge in [0.15, 0.2) is 0 Å². The maximum absolute atomic E-state index is 12.1. The summed E-state index contributed by atoms with van der Waals surface area (Å²) in [5.41, 5.74) is 0. The summed E-state index contributed by atoms with van der Waals surface area (Å²) in [6.45, 7) is -1.89. The van der Waals surface area contributed by atoms with Gasteiger partial charge in [0, 0.05) is 17.3 Å². The molecule has 98 valence electrons. The first-order valence-corrected chi connectivity index (χ1v) is 6.70. The molecule has 0 amide bonds. The minimum absolute atomic E-state index is 0.232. The van der Waals surface area contributed by atoms with Crippen LogP contribution in [0.5, 0.6) is 0 Å². The molecule has 0 fully saturated rings. The molecule has 1 heterocycles. The maximum Gasteiger partial charge on any atom is 0.402 e. The number of aliphatic hydroxyl groups is 1. The normalized spacial score (nSPS) is 13.3. The van der Waals surface area contributed by atoms with Crippen LogP contribution in [0.3, 0.4) is 0 Å². The van der Waals surface area contributed by atoms with Gasteiger partial charge in [-0.05, 0) is 6.07 Å². The number of aliphatic hydroxyl groups excluding tert-OH is 1. The fourth-order valence-corrected chi connectivity index (χ4v) is 3.37. The van der Waals surface area contributed by atoms with Crippen LogP contribution in [0.25, 0.3) is 0 Å². The summed E-state index contributed by atoms with van der Waals surface area (Å²) in [4.78, 5) is 0.141. The van der Waals surface area contributed by atoms with Crippen LogP contribution >= 0.6 is 11.3 Å². The van der Waals surface area contributed by atoms with Crippen LogP contribution < -0.4 is 0 Å². The van der Waals surface area contributed by atoms with Crippen LogP contribution in [-0.4, -0.2) is 37.6 Å². The standard InChI is InChI=1S/C8H10F3NO3S2/c1-12(5-8(9,10)11)17(14,15)7-2-6(3-13)16-4-7/h2,4,13H,3,5H2,1H3. The first kappa shape index (κ1) is 14.4. The molecule has 0 spiro atoms. The molecule has 17 heavy (non-hydrogen) atoms. The Balaban J connectivity index is 2.95. The highest BCUT2D eigenvalue weighted by Gasteiger charge is 2.35. The van der Waals surface area contributed by atoms with Crippen LogP contribution in [0.4, 0.5) is 13.2 Å². The van der Waals surface area contributed by atoms with Crippen LogP contribution in [0.15, 0.2) is 16.3 Å². The van der Waals surface area contributed by atoms with Crippen molar-refractivity contribution in [2.75, 3.05) is 13.6 Å². The lowest BCUT2D eigenvalue weighted by molar-refractivity contribution is -0.134. The number of alkyl halides is 3. The van der Waals surface area contributed by atoms with Crippen LogP contribution in [0.2, 0.25) is 0 Å². The molecule has 0 aromatic carbocycles. The molecule has 0 unspecified atom stereocenters. The van der Waals surface area contributed by atoms with Crippen molar-refractivity contribution in [3.63, 3.8) is 0 Å². The number of nitrogens with zero attached hydrogens (tertiary/aromatic N) is 1. The molecule has 9 heteroatoms. The van der Waals surface area contributed by atoms with E-state index in [0.29, 0.717) is 4.88 Å². The topological polar surface area (TPSA) is 57.6 Å². The van der Waals surface area contributed by atoms with E-state index >= 15 is 0 Å². The van der Waals surface area contributed by atoms with Crippen molar-refractivity contribution in [3.8, 4) is 0 Å². The summed E-state index contributed by atoms with van der Waals surface area (Å²) in [7, 11) is -3.29. The third kappa shape index (κ3) is 3.66. The van der Waals surface area contributed by atoms with E-state index in [0.717, 1.165) is 24.5 Å². The molecule has 0 atom stereocenters. The Bertz CT molecular complexity index is 480. The predicted molar refractivity (Wildman–Crippen MR) is 56.1 cm³/mol. The minimum atomic E-state index is -4.59. The van der Waals surface area contributed by atoms with Crippen molar-refractivity contribution < 1.29 is 26.7 Å². The molecule has 1 aromatic heterocycles. The molecule has 0 saturated carbocycles. The molecule has 0 aliphatic heterocycles. The van der Waals surface area contributed by atoms with Crippen LogP contribution in [0, 0.1) is 0 Å². The van der Waals surface area contributed by atoms with Crippen molar-refractivity contribution in [3.05, 3.63) is 16.3 Å². The van der Waals surface area contributed by atoms with Gasteiger partial charge in [-0.25, -0.2) is 8.42 Å². The average molecular weight is 289 g/mol. The highest BCUT2D eigenvalue weighted by molar-refractivity contribution is 7.89. The lowest BCUT2D eigenvalue weighted by Crippen LogP contribution is -2.35. The van der Waals surface area contributed by atoms with Gasteiger partial charge in [0.05, 0.1) is 11.5 Å². The van der Waals surface area contributed by atoms with E-state index in [4.69, 9.17) is 5.11 Å². The fraction of sp³-hybridized carbons (Fsp3) is 0.500. The maximum atomic E-state index is 12.1. The Kier molecular flexibility index (Phi) is 4.18. The van der Waals surface area contributed by atoms with Gasteiger partial charge in [-0.2, -0.15) is 17.5 Å².